The first kappa shape index (κ1) is 14.6. The van der Waals surface area contributed by atoms with Gasteiger partial charge in [-0.15, -0.1) is 0 Å². The van der Waals surface area contributed by atoms with Crippen LogP contribution in [0, 0.1) is 0 Å². The van der Waals surface area contributed by atoms with Crippen molar-refractivity contribution in [3.8, 4) is 11.5 Å². The molecule has 0 aliphatic heterocycles. The summed E-state index contributed by atoms with van der Waals surface area (Å²) in [6, 6.07) is 12.9. The average Bonchev–Trinajstić information content (AvgIpc) is 2.44. The third kappa shape index (κ3) is 3.62. The van der Waals surface area contributed by atoms with Crippen molar-refractivity contribution in [3.05, 3.63) is 58.6 Å². The Labute approximate surface area is 128 Å². The summed E-state index contributed by atoms with van der Waals surface area (Å²) in [6.45, 7) is 0.411. The number of hydrogen-bond acceptors (Lipinski definition) is 3. The lowest BCUT2D eigenvalue weighted by molar-refractivity contribution is 0.305. The molecule has 0 aliphatic carbocycles. The molecule has 0 amide bonds. The lowest BCUT2D eigenvalue weighted by Crippen LogP contribution is -2.11. The lowest BCUT2D eigenvalue weighted by Gasteiger charge is -2.11. The van der Waals surface area contributed by atoms with Crippen LogP contribution < -0.4 is 15.2 Å². The van der Waals surface area contributed by atoms with Crippen molar-refractivity contribution in [1.82, 2.24) is 0 Å². The zero-order valence-electron chi connectivity index (χ0n) is 10.9. The van der Waals surface area contributed by atoms with E-state index in [1.165, 1.54) is 0 Å². The highest BCUT2D eigenvalue weighted by Gasteiger charge is 2.07. The highest BCUT2D eigenvalue weighted by atomic mass is 35.5. The number of thiocarbonyl (C=S) groups is 1. The number of hydrogen-bond donors (Lipinski definition) is 1. The zero-order valence-corrected chi connectivity index (χ0v) is 12.5. The van der Waals surface area contributed by atoms with Crippen LogP contribution in [-0.4, -0.2) is 12.1 Å². The van der Waals surface area contributed by atoms with E-state index in [1.54, 1.807) is 19.2 Å². The zero-order chi connectivity index (χ0) is 14.5. The molecule has 0 bridgehead atoms. The molecule has 104 valence electrons. The second kappa shape index (κ2) is 6.59. The van der Waals surface area contributed by atoms with Gasteiger partial charge in [0.2, 0.25) is 0 Å². The van der Waals surface area contributed by atoms with Gasteiger partial charge >= 0.3 is 0 Å². The van der Waals surface area contributed by atoms with Gasteiger partial charge in [0.25, 0.3) is 0 Å². The molecule has 0 aromatic heterocycles. The van der Waals surface area contributed by atoms with Crippen LogP contribution in [0.3, 0.4) is 0 Å². The normalized spacial score (nSPS) is 10.1. The minimum Gasteiger partial charge on any atom is -0.496 e. The van der Waals surface area contributed by atoms with Gasteiger partial charge in [-0.3, -0.25) is 0 Å². The maximum atomic E-state index is 5.90. The Morgan fingerprint density at radius 1 is 1.25 bits per heavy atom. The summed E-state index contributed by atoms with van der Waals surface area (Å²) in [7, 11) is 1.58. The number of ether oxygens (including phenoxy) is 2. The molecule has 5 heteroatoms. The van der Waals surface area contributed by atoms with Crippen molar-refractivity contribution in [1.29, 1.82) is 0 Å². The third-order valence-corrected chi connectivity index (χ3v) is 3.19. The Hall–Kier alpha value is -1.78. The molecular weight excluding hydrogens is 294 g/mol. The average molecular weight is 308 g/mol. The van der Waals surface area contributed by atoms with E-state index in [4.69, 9.17) is 39.0 Å². The van der Waals surface area contributed by atoms with Crippen molar-refractivity contribution in [2.45, 2.75) is 6.61 Å². The topological polar surface area (TPSA) is 44.5 Å². The molecule has 0 saturated heterocycles. The number of methoxy groups -OCH3 is 1. The molecule has 2 aromatic rings. The first-order chi connectivity index (χ1) is 9.60. The van der Waals surface area contributed by atoms with Crippen LogP contribution in [0.2, 0.25) is 5.02 Å². The summed E-state index contributed by atoms with van der Waals surface area (Å²) < 4.78 is 10.9. The number of benzene rings is 2. The van der Waals surface area contributed by atoms with E-state index in [2.05, 4.69) is 0 Å². The van der Waals surface area contributed by atoms with Gasteiger partial charge in [-0.25, -0.2) is 0 Å². The molecule has 0 radical (unpaired) electrons. The SMILES string of the molecule is COc1cc(COc2cccc(Cl)c2)ccc1C(N)=S. The van der Waals surface area contributed by atoms with E-state index in [0.29, 0.717) is 27.9 Å². The van der Waals surface area contributed by atoms with Crippen LogP contribution in [0.4, 0.5) is 0 Å². The van der Waals surface area contributed by atoms with Gasteiger partial charge in [-0.2, -0.15) is 0 Å². The second-order valence-corrected chi connectivity index (χ2v) is 5.02. The Morgan fingerprint density at radius 2 is 2.05 bits per heavy atom. The van der Waals surface area contributed by atoms with E-state index in [0.717, 1.165) is 11.3 Å². The molecule has 3 nitrogen and oxygen atoms in total. The number of halogens is 1. The smallest absolute Gasteiger partial charge is 0.129 e. The van der Waals surface area contributed by atoms with Crippen molar-refractivity contribution in [2.75, 3.05) is 7.11 Å². The number of rotatable bonds is 5. The van der Waals surface area contributed by atoms with Crippen LogP contribution in [0.5, 0.6) is 11.5 Å². The molecule has 0 spiro atoms. The Morgan fingerprint density at radius 3 is 2.70 bits per heavy atom. The Balaban J connectivity index is 2.12. The van der Waals surface area contributed by atoms with E-state index in [9.17, 15) is 0 Å². The maximum Gasteiger partial charge on any atom is 0.129 e. The van der Waals surface area contributed by atoms with Gasteiger partial charge in [0.1, 0.15) is 23.1 Å². The van der Waals surface area contributed by atoms with Gasteiger partial charge in [0, 0.05) is 5.02 Å². The van der Waals surface area contributed by atoms with Gasteiger partial charge in [0.05, 0.1) is 12.7 Å². The Bertz CT molecular complexity index is 631. The highest BCUT2D eigenvalue weighted by molar-refractivity contribution is 7.80. The fraction of sp³-hybridized carbons (Fsp3) is 0.133. The summed E-state index contributed by atoms with van der Waals surface area (Å²) >= 11 is 10.9. The van der Waals surface area contributed by atoms with Gasteiger partial charge in [-0.05, 0) is 35.9 Å². The van der Waals surface area contributed by atoms with Gasteiger partial charge < -0.3 is 15.2 Å². The fourth-order valence-corrected chi connectivity index (χ4v) is 2.10. The van der Waals surface area contributed by atoms with Crippen molar-refractivity contribution in [3.63, 3.8) is 0 Å². The standard InChI is InChI=1S/C15H14ClNO2S/c1-18-14-7-10(5-6-13(14)15(17)20)9-19-12-4-2-3-11(16)8-12/h2-8H,9H2,1H3,(H2,17,20). The van der Waals surface area contributed by atoms with E-state index >= 15 is 0 Å². The molecule has 0 fully saturated rings. The first-order valence-electron chi connectivity index (χ1n) is 5.95. The molecule has 0 heterocycles. The molecule has 0 saturated carbocycles. The summed E-state index contributed by atoms with van der Waals surface area (Å²) in [5, 5.41) is 0.643. The van der Waals surface area contributed by atoms with E-state index in [1.807, 2.05) is 30.3 Å². The molecule has 0 aliphatic rings. The predicted octanol–water partition coefficient (Wildman–Crippen LogP) is 3.56. The quantitative estimate of drug-likeness (QED) is 0.858. The minimum atomic E-state index is 0.309. The fourth-order valence-electron chi connectivity index (χ4n) is 1.75. The summed E-state index contributed by atoms with van der Waals surface area (Å²) in [5.74, 6) is 1.36. The largest absolute Gasteiger partial charge is 0.496 e. The Kier molecular flexibility index (Phi) is 4.82. The lowest BCUT2D eigenvalue weighted by atomic mass is 10.1. The van der Waals surface area contributed by atoms with Crippen molar-refractivity contribution >= 4 is 28.8 Å². The number of nitrogens with two attached hydrogens (primary N) is 1. The van der Waals surface area contributed by atoms with Crippen LogP contribution in [0.25, 0.3) is 0 Å². The van der Waals surface area contributed by atoms with Crippen LogP contribution >= 0.6 is 23.8 Å². The van der Waals surface area contributed by atoms with Crippen LogP contribution in [0.1, 0.15) is 11.1 Å². The van der Waals surface area contributed by atoms with E-state index in [-0.39, 0.29) is 0 Å². The molecule has 0 unspecified atom stereocenters. The summed E-state index contributed by atoms with van der Waals surface area (Å²) in [6.07, 6.45) is 0. The molecule has 0 atom stereocenters. The van der Waals surface area contributed by atoms with Crippen molar-refractivity contribution < 1.29 is 9.47 Å². The molecule has 20 heavy (non-hydrogen) atoms. The molecule has 2 aromatic carbocycles. The highest BCUT2D eigenvalue weighted by Crippen LogP contribution is 2.22. The predicted molar refractivity (Wildman–Crippen MR) is 84.7 cm³/mol. The molecular formula is C15H14ClNO2S. The van der Waals surface area contributed by atoms with Crippen molar-refractivity contribution in [2.24, 2.45) is 5.73 Å². The summed E-state index contributed by atoms with van der Waals surface area (Å²) in [5.41, 5.74) is 7.30. The van der Waals surface area contributed by atoms with Gasteiger partial charge in [-0.1, -0.05) is 36.0 Å². The molecule has 2 rings (SSSR count). The second-order valence-electron chi connectivity index (χ2n) is 4.14. The van der Waals surface area contributed by atoms with Gasteiger partial charge in [0.15, 0.2) is 0 Å². The first-order valence-corrected chi connectivity index (χ1v) is 6.74. The monoisotopic (exact) mass is 307 g/mol. The molecule has 2 N–H and O–H groups in total. The van der Waals surface area contributed by atoms with Crippen LogP contribution in [-0.2, 0) is 6.61 Å². The van der Waals surface area contributed by atoms with E-state index < -0.39 is 0 Å². The third-order valence-electron chi connectivity index (χ3n) is 2.73. The van der Waals surface area contributed by atoms with Crippen LogP contribution in [0.15, 0.2) is 42.5 Å². The summed E-state index contributed by atoms with van der Waals surface area (Å²) in [4.78, 5) is 0.309. The maximum absolute atomic E-state index is 5.90. The minimum absolute atomic E-state index is 0.309.